The van der Waals surface area contributed by atoms with E-state index in [1.807, 2.05) is 0 Å². The van der Waals surface area contributed by atoms with Gasteiger partial charge in [0, 0.05) is 11.5 Å². The molecule has 0 amide bonds. The van der Waals surface area contributed by atoms with Crippen LogP contribution in [0.25, 0.3) is 5.70 Å². The smallest absolute Gasteiger partial charge is 0.187 e. The van der Waals surface area contributed by atoms with Gasteiger partial charge in [0.05, 0.1) is 30.3 Å². The average Bonchev–Trinajstić information content (AvgIpc) is 2.76. The molecule has 0 heterocycles. The van der Waals surface area contributed by atoms with E-state index in [1.165, 1.54) is 18.1 Å². The molecule has 3 aliphatic carbocycles. The predicted molar refractivity (Wildman–Crippen MR) is 122 cm³/mol. The quantitative estimate of drug-likeness (QED) is 0.191. The third-order valence-corrected chi connectivity index (χ3v) is 7.59. The fourth-order valence-corrected chi connectivity index (χ4v) is 6.15. The number of likely N-dealkylation sites (N-methyl/N-ethyl adjacent to an activating group) is 1. The highest BCUT2D eigenvalue weighted by Crippen LogP contribution is 2.51. The number of phenols is 1. The number of aromatic hydroxyl groups is 1. The molecule has 0 bridgehead atoms. The minimum Gasteiger partial charge on any atom is -0.507 e. The van der Waals surface area contributed by atoms with Crippen LogP contribution in [0.5, 0.6) is 5.75 Å². The van der Waals surface area contributed by atoms with Crippen LogP contribution in [0.3, 0.4) is 0 Å². The zero-order valence-corrected chi connectivity index (χ0v) is 19.6. The Morgan fingerprint density at radius 3 is 2.49 bits per heavy atom. The van der Waals surface area contributed by atoms with Crippen molar-refractivity contribution in [3.05, 3.63) is 35.4 Å². The molecule has 2 fully saturated rings. The van der Waals surface area contributed by atoms with E-state index in [0.29, 0.717) is 16.8 Å². The summed E-state index contributed by atoms with van der Waals surface area (Å²) in [7, 11) is 4.52. The largest absolute Gasteiger partial charge is 0.507 e. The van der Waals surface area contributed by atoms with Crippen molar-refractivity contribution in [2.75, 3.05) is 21.2 Å². The van der Waals surface area contributed by atoms with Crippen molar-refractivity contribution in [1.82, 2.24) is 10.4 Å². The number of aliphatic hydroxyl groups excluding tert-OH is 1. The highest BCUT2D eigenvalue weighted by atomic mass is 16.6. The normalized spacial score (nSPS) is 33.2. The van der Waals surface area contributed by atoms with Gasteiger partial charge in [0.1, 0.15) is 17.9 Å². The van der Waals surface area contributed by atoms with Crippen LogP contribution in [0, 0.1) is 23.7 Å². The maximum absolute atomic E-state index is 13.7. The summed E-state index contributed by atoms with van der Waals surface area (Å²) in [5, 5.41) is 32.0. The maximum Gasteiger partial charge on any atom is 0.187 e. The summed E-state index contributed by atoms with van der Waals surface area (Å²) in [4.78, 5) is 60.2. The molecule has 35 heavy (non-hydrogen) atoms. The summed E-state index contributed by atoms with van der Waals surface area (Å²) >= 11 is 0. The third kappa shape index (κ3) is 3.46. The summed E-state index contributed by atoms with van der Waals surface area (Å²) in [5.74, 6) is -9.00. The van der Waals surface area contributed by atoms with Crippen LogP contribution in [0.2, 0.25) is 0 Å². The number of hydrogen-bond acceptors (Lipinski definition) is 11. The van der Waals surface area contributed by atoms with Gasteiger partial charge in [-0.3, -0.25) is 34.4 Å². The summed E-state index contributed by atoms with van der Waals surface area (Å²) in [6.07, 6.45) is -1.75. The zero-order chi connectivity index (χ0) is 26.0. The molecular weight excluding hydrogens is 458 g/mol. The number of Topliss-reactive ketones (excluding diaryl/α,β-unsaturated/α-hetero) is 4. The lowest BCUT2D eigenvalue weighted by atomic mass is 9.52. The van der Waals surface area contributed by atoms with Crippen molar-refractivity contribution in [3.63, 3.8) is 0 Å². The van der Waals surface area contributed by atoms with E-state index in [0.717, 1.165) is 0 Å². The number of hydroxylamine groups is 1. The molecule has 1 aromatic carbocycles. The number of nitrogens with two attached hydrogens (primary N) is 1. The molecule has 0 aromatic heterocycles. The molecule has 7 atom stereocenters. The first-order valence-corrected chi connectivity index (χ1v) is 11.2. The van der Waals surface area contributed by atoms with Gasteiger partial charge in [0.25, 0.3) is 0 Å². The molecule has 2 saturated carbocycles. The van der Waals surface area contributed by atoms with E-state index in [-0.39, 0.29) is 24.2 Å². The van der Waals surface area contributed by atoms with Crippen LogP contribution in [0.4, 0.5) is 0 Å². The van der Waals surface area contributed by atoms with Gasteiger partial charge in [-0.2, -0.15) is 0 Å². The van der Waals surface area contributed by atoms with E-state index in [9.17, 15) is 34.5 Å². The highest BCUT2D eigenvalue weighted by molar-refractivity contribution is 6.27. The lowest BCUT2D eigenvalue weighted by Crippen LogP contribution is -2.74. The first-order chi connectivity index (χ1) is 16.4. The van der Waals surface area contributed by atoms with Crippen molar-refractivity contribution < 1.29 is 39.3 Å². The Bertz CT molecular complexity index is 1150. The lowest BCUT2D eigenvalue weighted by molar-refractivity contribution is -0.184. The Kier molecular flexibility index (Phi) is 6.18. The monoisotopic (exact) mass is 487 g/mol. The van der Waals surface area contributed by atoms with Crippen molar-refractivity contribution in [1.29, 1.82) is 0 Å². The van der Waals surface area contributed by atoms with Crippen molar-refractivity contribution in [2.24, 2.45) is 29.4 Å². The minimum atomic E-state index is -2.68. The Balaban J connectivity index is 1.86. The Hall–Kier alpha value is -2.96. The number of benzene rings is 1. The average molecular weight is 488 g/mol. The van der Waals surface area contributed by atoms with Gasteiger partial charge in [-0.15, -0.1) is 0 Å². The number of carbonyl (C=O) groups excluding carboxylic acids is 4. The molecular formula is C24H29N3O8. The topological polar surface area (TPSA) is 179 Å². The van der Waals surface area contributed by atoms with Gasteiger partial charge in [0.15, 0.2) is 28.7 Å². The van der Waals surface area contributed by atoms with Gasteiger partial charge >= 0.3 is 0 Å². The number of aliphatic hydroxyl groups is 2. The predicted octanol–water partition coefficient (Wildman–Crippen LogP) is -1.22. The van der Waals surface area contributed by atoms with Crippen molar-refractivity contribution in [3.8, 4) is 5.75 Å². The molecule has 11 nitrogen and oxygen atoms in total. The molecule has 4 rings (SSSR count). The molecule has 6 N–H and O–H groups in total. The van der Waals surface area contributed by atoms with E-state index in [4.69, 9.17) is 10.6 Å². The van der Waals surface area contributed by atoms with Crippen molar-refractivity contribution in [2.45, 2.75) is 30.7 Å². The molecule has 0 spiro atoms. The second-order valence-electron chi connectivity index (χ2n) is 9.69. The number of nitrogens with one attached hydrogen (secondary N) is 1. The number of hydrogen-bond donors (Lipinski definition) is 5. The molecule has 3 aliphatic rings. The molecule has 11 heteroatoms. The van der Waals surface area contributed by atoms with Crippen LogP contribution < -0.4 is 11.2 Å². The summed E-state index contributed by atoms with van der Waals surface area (Å²) < 4.78 is 0. The molecule has 0 saturated heterocycles. The summed E-state index contributed by atoms with van der Waals surface area (Å²) in [6, 6.07) is 1.78. The Labute approximate surface area is 201 Å². The van der Waals surface area contributed by atoms with Crippen LogP contribution >= 0.6 is 0 Å². The Morgan fingerprint density at radius 2 is 1.91 bits per heavy atom. The van der Waals surface area contributed by atoms with Crippen LogP contribution in [-0.4, -0.2) is 82.4 Å². The first-order valence-electron chi connectivity index (χ1n) is 11.2. The number of carbonyl (C=O) groups is 4. The van der Waals surface area contributed by atoms with E-state index in [2.05, 4.69) is 12.1 Å². The number of nitrogens with zero attached hydrogens (tertiary/aromatic N) is 1. The van der Waals surface area contributed by atoms with Gasteiger partial charge in [0.2, 0.25) is 0 Å². The summed E-state index contributed by atoms with van der Waals surface area (Å²) in [6.45, 7) is 3.89. The van der Waals surface area contributed by atoms with Gasteiger partial charge in [-0.25, -0.2) is 0 Å². The van der Waals surface area contributed by atoms with Crippen LogP contribution in [-0.2, 0) is 25.6 Å². The number of ketones is 4. The molecule has 0 radical (unpaired) electrons. The standard InChI is InChI=1S/C24H29N3O8/c1-9(26-35-4)11-5-6-14(28)16-12(11)7-10-8-13-18(27(2)3)20(30)17(23(25)33)22(32)24(13,34)21(31)15(10)19(16)29/h5-6,10,13,15,17-18,23,26,28,33-34H,1,7-8,25H2,2-4H3/t10-,13-,15?,17?,18-,23?,24-/m0/s1. The van der Waals surface area contributed by atoms with Gasteiger partial charge in [-0.05, 0) is 50.6 Å². The molecule has 1 aromatic rings. The highest BCUT2D eigenvalue weighted by Gasteiger charge is 2.69. The fraction of sp³-hybridized carbons (Fsp3) is 0.500. The molecule has 0 aliphatic heterocycles. The number of fused-ring (bicyclic) bond motifs is 3. The second kappa shape index (κ2) is 8.61. The SMILES string of the molecule is C=C(NOC)c1ccc(O)c2c1C[C@H]1C[C@H]3[C@H](N(C)C)C(=O)C(C(N)O)C(=O)[C@@]3(O)C(=O)C1C2=O. The zero-order valence-electron chi connectivity index (χ0n) is 19.6. The second-order valence-corrected chi connectivity index (χ2v) is 9.69. The van der Waals surface area contributed by atoms with E-state index < -0.39 is 64.7 Å². The Morgan fingerprint density at radius 1 is 1.26 bits per heavy atom. The van der Waals surface area contributed by atoms with E-state index in [1.54, 1.807) is 20.2 Å². The maximum atomic E-state index is 13.7. The van der Waals surface area contributed by atoms with Crippen LogP contribution in [0.15, 0.2) is 18.7 Å². The first kappa shape index (κ1) is 25.1. The summed E-state index contributed by atoms with van der Waals surface area (Å²) in [5.41, 5.74) is 6.62. The number of rotatable bonds is 5. The van der Waals surface area contributed by atoms with Gasteiger partial charge < -0.3 is 21.1 Å². The van der Waals surface area contributed by atoms with Crippen LogP contribution in [0.1, 0.15) is 27.9 Å². The molecule has 188 valence electrons. The van der Waals surface area contributed by atoms with Crippen molar-refractivity contribution >= 4 is 28.8 Å². The number of phenolic OH excluding ortho intramolecular Hbond substituents is 1. The van der Waals surface area contributed by atoms with E-state index >= 15 is 0 Å². The molecule has 3 unspecified atom stereocenters. The lowest BCUT2D eigenvalue weighted by Gasteiger charge is -2.53. The minimum absolute atomic E-state index is 0.00504. The van der Waals surface area contributed by atoms with Gasteiger partial charge in [-0.1, -0.05) is 6.58 Å². The fourth-order valence-electron chi connectivity index (χ4n) is 6.15. The third-order valence-electron chi connectivity index (χ3n) is 7.59.